The summed E-state index contributed by atoms with van der Waals surface area (Å²) in [5, 5.41) is 8.11. The molecular weight excluding hydrogens is 498 g/mol. The Morgan fingerprint density at radius 3 is 2.60 bits per heavy atom. The number of fused-ring (bicyclic) bond motifs is 2. The number of carbonyl (C=O) groups is 2. The first-order valence-electron chi connectivity index (χ1n) is 15.1. The molecule has 1 saturated carbocycles. The van der Waals surface area contributed by atoms with Crippen LogP contribution >= 0.6 is 0 Å². The van der Waals surface area contributed by atoms with E-state index in [1.165, 1.54) is 34.0 Å². The number of nitrogens with zero attached hydrogens (tertiary/aromatic N) is 2. The Labute approximate surface area is 237 Å². The van der Waals surface area contributed by atoms with Gasteiger partial charge in [-0.3, -0.25) is 9.59 Å². The van der Waals surface area contributed by atoms with Crippen LogP contribution in [0.15, 0.2) is 54.7 Å². The first kappa shape index (κ1) is 27.0. The molecule has 0 spiro atoms. The smallest absolute Gasteiger partial charge is 0.245 e. The summed E-state index contributed by atoms with van der Waals surface area (Å²) >= 11 is 0. The topological polar surface area (TPSA) is 92.4 Å². The van der Waals surface area contributed by atoms with Crippen LogP contribution in [-0.4, -0.2) is 58.5 Å². The maximum Gasteiger partial charge on any atom is 0.245 e. The quantitative estimate of drug-likeness (QED) is 0.421. The molecule has 212 valence electrons. The fourth-order valence-corrected chi connectivity index (χ4v) is 7.43. The minimum absolute atomic E-state index is 0.0721. The number of rotatable bonds is 7. The lowest BCUT2D eigenvalue weighted by Crippen LogP contribution is -2.57. The van der Waals surface area contributed by atoms with Crippen LogP contribution in [0.1, 0.15) is 68.1 Å². The molecule has 0 radical (unpaired) electrons. The Hall–Kier alpha value is -3.16. The van der Waals surface area contributed by atoms with Gasteiger partial charge in [-0.25, -0.2) is 0 Å². The zero-order chi connectivity index (χ0) is 27.8. The van der Waals surface area contributed by atoms with Gasteiger partial charge in [-0.05, 0) is 61.8 Å². The van der Waals surface area contributed by atoms with Gasteiger partial charge in [-0.1, -0.05) is 61.7 Å². The zero-order valence-electron chi connectivity index (χ0n) is 23.8. The summed E-state index contributed by atoms with van der Waals surface area (Å²) in [6, 6.07) is 16.5. The van der Waals surface area contributed by atoms with Crippen LogP contribution < -0.4 is 16.4 Å². The van der Waals surface area contributed by atoms with E-state index in [4.69, 9.17) is 5.73 Å². The maximum absolute atomic E-state index is 14.3. The van der Waals surface area contributed by atoms with Crippen LogP contribution in [0.4, 0.5) is 0 Å². The highest BCUT2D eigenvalue weighted by Crippen LogP contribution is 2.41. The fourth-order valence-electron chi connectivity index (χ4n) is 7.43. The van der Waals surface area contributed by atoms with Crippen molar-refractivity contribution in [3.63, 3.8) is 0 Å². The Bertz CT molecular complexity index is 1360. The van der Waals surface area contributed by atoms with E-state index in [9.17, 15) is 9.59 Å². The molecule has 2 aromatic carbocycles. The van der Waals surface area contributed by atoms with Crippen molar-refractivity contribution in [3.05, 3.63) is 71.4 Å². The van der Waals surface area contributed by atoms with Crippen molar-refractivity contribution >= 4 is 22.7 Å². The number of aryl methyl sites for hydroxylation is 1. The molecule has 1 aromatic heterocycles. The van der Waals surface area contributed by atoms with Crippen molar-refractivity contribution in [3.8, 4) is 0 Å². The summed E-state index contributed by atoms with van der Waals surface area (Å²) in [5.74, 6) is 0.201. The third-order valence-electron chi connectivity index (χ3n) is 9.51. The molecule has 3 fully saturated rings. The van der Waals surface area contributed by atoms with Crippen LogP contribution in [0.2, 0.25) is 0 Å². The molecule has 5 atom stereocenters. The fraction of sp³-hybridized carbons (Fsp3) is 0.515. The van der Waals surface area contributed by atoms with Gasteiger partial charge in [-0.2, -0.15) is 0 Å². The van der Waals surface area contributed by atoms with Crippen molar-refractivity contribution in [2.24, 2.45) is 11.7 Å². The van der Waals surface area contributed by atoms with Crippen molar-refractivity contribution in [2.45, 2.75) is 89.0 Å². The summed E-state index contributed by atoms with van der Waals surface area (Å²) in [6.07, 6.45) is 8.64. The third-order valence-corrected chi connectivity index (χ3v) is 9.51. The van der Waals surface area contributed by atoms with Gasteiger partial charge in [0, 0.05) is 48.7 Å². The average Bonchev–Trinajstić information content (AvgIpc) is 3.66. The van der Waals surface area contributed by atoms with Gasteiger partial charge in [-0.15, -0.1) is 0 Å². The summed E-state index contributed by atoms with van der Waals surface area (Å²) in [4.78, 5) is 29.1. The molecule has 0 bridgehead atoms. The van der Waals surface area contributed by atoms with Crippen LogP contribution in [0.25, 0.3) is 10.9 Å². The monoisotopic (exact) mass is 541 g/mol. The van der Waals surface area contributed by atoms with E-state index in [0.29, 0.717) is 0 Å². The highest BCUT2D eigenvalue weighted by atomic mass is 16.2. The number of hydrogen-bond acceptors (Lipinski definition) is 4. The van der Waals surface area contributed by atoms with E-state index < -0.39 is 12.1 Å². The lowest BCUT2D eigenvalue weighted by molar-refractivity contribution is -0.139. The Morgan fingerprint density at radius 2 is 1.85 bits per heavy atom. The van der Waals surface area contributed by atoms with E-state index in [-0.39, 0.29) is 35.7 Å². The van der Waals surface area contributed by atoms with Crippen LogP contribution in [-0.2, 0) is 16.1 Å². The largest absolute Gasteiger partial charge is 0.343 e. The van der Waals surface area contributed by atoms with Crippen LogP contribution in [0, 0.1) is 12.8 Å². The SMILES string of the molecule is Cc1ccc2c([C@H]3CN[C@@H]4CCN(C(=O)[C@@H](NC(=O)[C@H](C)N)C5CCCCC5)[C@H]34)cn(Cc3ccccc3)c2c1. The number of hydrogen-bond donors (Lipinski definition) is 3. The molecule has 0 unspecified atom stereocenters. The number of benzene rings is 2. The molecule has 2 amide bonds. The van der Waals surface area contributed by atoms with Gasteiger partial charge in [0.05, 0.1) is 12.1 Å². The summed E-state index contributed by atoms with van der Waals surface area (Å²) < 4.78 is 2.37. The van der Waals surface area contributed by atoms with Crippen LogP contribution in [0.5, 0.6) is 0 Å². The molecule has 2 aliphatic heterocycles. The molecule has 7 heteroatoms. The van der Waals surface area contributed by atoms with Gasteiger partial charge >= 0.3 is 0 Å². The number of aromatic nitrogens is 1. The molecule has 2 saturated heterocycles. The lowest BCUT2D eigenvalue weighted by Gasteiger charge is -2.36. The molecule has 6 rings (SSSR count). The second-order valence-corrected chi connectivity index (χ2v) is 12.3. The minimum atomic E-state index is -0.634. The van der Waals surface area contributed by atoms with E-state index in [2.05, 4.69) is 81.8 Å². The first-order chi connectivity index (χ1) is 19.4. The molecule has 4 N–H and O–H groups in total. The third kappa shape index (κ3) is 5.17. The molecule has 3 heterocycles. The number of nitrogens with one attached hydrogen (secondary N) is 2. The summed E-state index contributed by atoms with van der Waals surface area (Å²) in [7, 11) is 0. The van der Waals surface area contributed by atoms with Crippen molar-refractivity contribution in [1.82, 2.24) is 20.1 Å². The van der Waals surface area contributed by atoms with Crippen molar-refractivity contribution in [1.29, 1.82) is 0 Å². The Balaban J connectivity index is 1.33. The molecule has 1 aliphatic carbocycles. The molecule has 40 heavy (non-hydrogen) atoms. The molecular formula is C33H43N5O2. The molecule has 3 aromatic rings. The minimum Gasteiger partial charge on any atom is -0.343 e. The highest BCUT2D eigenvalue weighted by Gasteiger charge is 2.49. The average molecular weight is 542 g/mol. The highest BCUT2D eigenvalue weighted by molar-refractivity contribution is 5.90. The van der Waals surface area contributed by atoms with Gasteiger partial charge in [0.15, 0.2) is 0 Å². The van der Waals surface area contributed by atoms with Gasteiger partial charge in [0.1, 0.15) is 6.04 Å². The number of likely N-dealkylation sites (tertiary alicyclic amines) is 1. The van der Waals surface area contributed by atoms with E-state index in [0.717, 1.165) is 51.7 Å². The molecule has 7 nitrogen and oxygen atoms in total. The van der Waals surface area contributed by atoms with Gasteiger partial charge in [0.25, 0.3) is 0 Å². The second kappa shape index (κ2) is 11.4. The standard InChI is InChI=1S/C33H43N5O2/c1-21-13-14-25-27(20-37(29(25)17-21)19-23-9-5-3-6-10-23)26-18-35-28-15-16-38(31(26)28)33(40)30(36-32(39)22(2)34)24-11-7-4-8-12-24/h3,5-6,9-10,13-14,17,20,22,24,26,28,30-31,35H,4,7-8,11-12,15-16,18-19,34H2,1-2H3,(H,36,39)/t22-,26+,28+,30-,31+/m0/s1. The summed E-state index contributed by atoms with van der Waals surface area (Å²) in [5.41, 5.74) is 11.0. The predicted octanol–water partition coefficient (Wildman–Crippen LogP) is 4.07. The first-order valence-corrected chi connectivity index (χ1v) is 15.1. The Morgan fingerprint density at radius 1 is 1.07 bits per heavy atom. The van der Waals surface area contributed by atoms with E-state index >= 15 is 0 Å². The normalized spacial score (nSPS) is 24.7. The summed E-state index contributed by atoms with van der Waals surface area (Å²) in [6.45, 7) is 6.21. The number of nitrogens with two attached hydrogens (primary N) is 1. The Kier molecular flexibility index (Phi) is 7.69. The van der Waals surface area contributed by atoms with Crippen molar-refractivity contribution < 1.29 is 9.59 Å². The lowest BCUT2D eigenvalue weighted by atomic mass is 9.82. The van der Waals surface area contributed by atoms with Crippen molar-refractivity contribution in [2.75, 3.05) is 13.1 Å². The predicted molar refractivity (Wildman–Crippen MR) is 159 cm³/mol. The number of amides is 2. The molecule has 3 aliphatic rings. The second-order valence-electron chi connectivity index (χ2n) is 12.3. The van der Waals surface area contributed by atoms with Crippen LogP contribution in [0.3, 0.4) is 0 Å². The number of carbonyl (C=O) groups excluding carboxylic acids is 2. The van der Waals surface area contributed by atoms with E-state index in [1.807, 2.05) is 0 Å². The zero-order valence-corrected chi connectivity index (χ0v) is 23.8. The van der Waals surface area contributed by atoms with E-state index in [1.54, 1.807) is 6.92 Å². The van der Waals surface area contributed by atoms with Gasteiger partial charge in [0.2, 0.25) is 11.8 Å². The van der Waals surface area contributed by atoms with Gasteiger partial charge < -0.3 is 25.8 Å². The maximum atomic E-state index is 14.3.